The number of aromatic hydroxyl groups is 2. The largest absolute Gasteiger partial charge is 0.508 e. The van der Waals surface area contributed by atoms with E-state index >= 15 is 0 Å². The lowest BCUT2D eigenvalue weighted by Crippen LogP contribution is -1.98. The van der Waals surface area contributed by atoms with E-state index in [-0.39, 0.29) is 5.75 Å². The summed E-state index contributed by atoms with van der Waals surface area (Å²) in [5.74, 6) is 0.588. The molecular weight excluding hydrogens is 224 g/mol. The summed E-state index contributed by atoms with van der Waals surface area (Å²) in [4.78, 5) is 0. The van der Waals surface area contributed by atoms with Crippen LogP contribution in [0.5, 0.6) is 11.5 Å². The van der Waals surface area contributed by atoms with Crippen LogP contribution in [0.3, 0.4) is 0 Å². The Labute approximate surface area is 106 Å². The second-order valence-corrected chi connectivity index (χ2v) is 4.60. The highest BCUT2D eigenvalue weighted by molar-refractivity contribution is 5.84. The molecule has 3 rings (SSSR count). The van der Waals surface area contributed by atoms with E-state index in [0.717, 1.165) is 24.0 Å². The smallest absolute Gasteiger partial charge is 0.116 e. The lowest BCUT2D eigenvalue weighted by molar-refractivity contribution is 0.474. The van der Waals surface area contributed by atoms with E-state index in [2.05, 4.69) is 6.08 Å². The fourth-order valence-corrected chi connectivity index (χ4v) is 2.38. The standard InChI is InChI=1S/C16H14O2/c17-15-6-3-11(4-7-15)13-2-1-12-5-8-16(18)10-14(12)9-13/h3-10,17-18H,1-2H2. The number of rotatable bonds is 1. The molecule has 0 aliphatic heterocycles. The molecule has 90 valence electrons. The number of phenols is 2. The second kappa shape index (κ2) is 4.22. The Morgan fingerprint density at radius 1 is 0.778 bits per heavy atom. The Kier molecular flexibility index (Phi) is 2.56. The van der Waals surface area contributed by atoms with Gasteiger partial charge in [-0.3, -0.25) is 0 Å². The zero-order chi connectivity index (χ0) is 12.5. The molecule has 0 amide bonds. The zero-order valence-corrected chi connectivity index (χ0v) is 9.93. The summed E-state index contributed by atoms with van der Waals surface area (Å²) in [5.41, 5.74) is 4.73. The van der Waals surface area contributed by atoms with Gasteiger partial charge in [0.2, 0.25) is 0 Å². The number of phenolic OH excluding ortho intramolecular Hbond substituents is 2. The molecule has 0 bridgehead atoms. The summed E-state index contributed by atoms with van der Waals surface area (Å²) < 4.78 is 0. The van der Waals surface area contributed by atoms with Crippen LogP contribution in [0, 0.1) is 0 Å². The van der Waals surface area contributed by atoms with Crippen molar-refractivity contribution >= 4 is 11.6 Å². The number of hydrogen-bond acceptors (Lipinski definition) is 2. The Morgan fingerprint density at radius 2 is 1.50 bits per heavy atom. The van der Waals surface area contributed by atoms with Gasteiger partial charge in [-0.2, -0.15) is 0 Å². The van der Waals surface area contributed by atoms with Gasteiger partial charge in [-0.25, -0.2) is 0 Å². The summed E-state index contributed by atoms with van der Waals surface area (Å²) in [6.07, 6.45) is 4.09. The van der Waals surface area contributed by atoms with Crippen molar-refractivity contribution < 1.29 is 10.2 Å². The minimum absolute atomic E-state index is 0.285. The lowest BCUT2D eigenvalue weighted by Gasteiger charge is -2.17. The highest BCUT2D eigenvalue weighted by Crippen LogP contribution is 2.32. The molecule has 0 saturated carbocycles. The van der Waals surface area contributed by atoms with E-state index in [4.69, 9.17) is 0 Å². The molecule has 0 atom stereocenters. The Bertz CT molecular complexity index is 609. The molecule has 0 spiro atoms. The predicted octanol–water partition coefficient (Wildman–Crippen LogP) is 3.58. The van der Waals surface area contributed by atoms with E-state index in [1.807, 2.05) is 18.2 Å². The third kappa shape index (κ3) is 1.97. The second-order valence-electron chi connectivity index (χ2n) is 4.60. The van der Waals surface area contributed by atoms with E-state index < -0.39 is 0 Å². The molecule has 2 aromatic carbocycles. The minimum atomic E-state index is 0.285. The molecule has 0 unspecified atom stereocenters. The lowest BCUT2D eigenvalue weighted by atomic mass is 9.88. The van der Waals surface area contributed by atoms with E-state index in [0.29, 0.717) is 5.75 Å². The first kappa shape index (κ1) is 10.9. The fourth-order valence-electron chi connectivity index (χ4n) is 2.38. The van der Waals surface area contributed by atoms with Gasteiger partial charge in [-0.05, 0) is 59.4 Å². The summed E-state index contributed by atoms with van der Waals surface area (Å²) in [6.45, 7) is 0. The van der Waals surface area contributed by atoms with Crippen LogP contribution in [0.2, 0.25) is 0 Å². The summed E-state index contributed by atoms with van der Waals surface area (Å²) in [5, 5.41) is 18.8. The molecule has 2 heteroatoms. The predicted molar refractivity (Wildman–Crippen MR) is 72.4 cm³/mol. The van der Waals surface area contributed by atoms with Gasteiger partial charge in [-0.15, -0.1) is 0 Å². The van der Waals surface area contributed by atoms with Crippen molar-refractivity contribution in [3.8, 4) is 11.5 Å². The molecule has 2 N–H and O–H groups in total. The molecule has 1 aliphatic carbocycles. The van der Waals surface area contributed by atoms with Crippen LogP contribution in [-0.2, 0) is 6.42 Å². The van der Waals surface area contributed by atoms with Crippen molar-refractivity contribution in [2.45, 2.75) is 12.8 Å². The van der Waals surface area contributed by atoms with Gasteiger partial charge in [0.15, 0.2) is 0 Å². The average Bonchev–Trinajstić information content (AvgIpc) is 2.38. The maximum Gasteiger partial charge on any atom is 0.116 e. The third-order valence-corrected chi connectivity index (χ3v) is 3.36. The Balaban J connectivity index is 2.02. The molecule has 0 aromatic heterocycles. The van der Waals surface area contributed by atoms with Crippen LogP contribution in [0.1, 0.15) is 23.1 Å². The van der Waals surface area contributed by atoms with Crippen molar-refractivity contribution in [2.24, 2.45) is 0 Å². The zero-order valence-electron chi connectivity index (χ0n) is 9.93. The molecule has 0 fully saturated rings. The number of allylic oxidation sites excluding steroid dienone is 1. The average molecular weight is 238 g/mol. The van der Waals surface area contributed by atoms with Crippen molar-refractivity contribution in [1.82, 2.24) is 0 Å². The van der Waals surface area contributed by atoms with Gasteiger partial charge in [0, 0.05) is 0 Å². The third-order valence-electron chi connectivity index (χ3n) is 3.36. The van der Waals surface area contributed by atoms with Gasteiger partial charge in [0.1, 0.15) is 11.5 Å². The van der Waals surface area contributed by atoms with Crippen molar-refractivity contribution in [2.75, 3.05) is 0 Å². The number of fused-ring (bicyclic) bond motifs is 1. The summed E-state index contributed by atoms with van der Waals surface area (Å²) in [7, 11) is 0. The van der Waals surface area contributed by atoms with Gasteiger partial charge < -0.3 is 10.2 Å². The van der Waals surface area contributed by atoms with Gasteiger partial charge in [0.05, 0.1) is 0 Å². The van der Waals surface area contributed by atoms with Crippen LogP contribution in [0.4, 0.5) is 0 Å². The number of benzene rings is 2. The molecule has 0 heterocycles. The first-order chi connectivity index (χ1) is 8.72. The van der Waals surface area contributed by atoms with Crippen molar-refractivity contribution in [1.29, 1.82) is 0 Å². The van der Waals surface area contributed by atoms with Crippen LogP contribution < -0.4 is 0 Å². The topological polar surface area (TPSA) is 40.5 Å². The normalized spacial score (nSPS) is 13.9. The molecule has 0 radical (unpaired) electrons. The van der Waals surface area contributed by atoms with Crippen LogP contribution in [-0.4, -0.2) is 10.2 Å². The van der Waals surface area contributed by atoms with Crippen LogP contribution in [0.15, 0.2) is 42.5 Å². The monoisotopic (exact) mass is 238 g/mol. The van der Waals surface area contributed by atoms with Gasteiger partial charge in [-0.1, -0.05) is 24.3 Å². The highest BCUT2D eigenvalue weighted by Gasteiger charge is 2.12. The molecule has 1 aliphatic rings. The molecule has 18 heavy (non-hydrogen) atoms. The van der Waals surface area contributed by atoms with Crippen LogP contribution >= 0.6 is 0 Å². The van der Waals surface area contributed by atoms with Gasteiger partial charge in [0.25, 0.3) is 0 Å². The quantitative estimate of drug-likeness (QED) is 0.797. The molecule has 2 aromatic rings. The molecule has 0 saturated heterocycles. The maximum absolute atomic E-state index is 9.52. The highest BCUT2D eigenvalue weighted by atomic mass is 16.3. The Morgan fingerprint density at radius 3 is 2.28 bits per heavy atom. The SMILES string of the molecule is Oc1ccc(C2=Cc3cc(O)ccc3CC2)cc1. The first-order valence-electron chi connectivity index (χ1n) is 6.04. The van der Waals surface area contributed by atoms with E-state index in [9.17, 15) is 10.2 Å². The Hall–Kier alpha value is -2.22. The van der Waals surface area contributed by atoms with Gasteiger partial charge >= 0.3 is 0 Å². The number of hydrogen-bond donors (Lipinski definition) is 2. The molecule has 2 nitrogen and oxygen atoms in total. The minimum Gasteiger partial charge on any atom is -0.508 e. The maximum atomic E-state index is 9.52. The number of aryl methyl sites for hydroxylation is 1. The van der Waals surface area contributed by atoms with Crippen molar-refractivity contribution in [3.05, 3.63) is 59.2 Å². The van der Waals surface area contributed by atoms with Crippen molar-refractivity contribution in [3.63, 3.8) is 0 Å². The van der Waals surface area contributed by atoms with Crippen LogP contribution in [0.25, 0.3) is 11.6 Å². The summed E-state index contributed by atoms with van der Waals surface area (Å²) in [6, 6.07) is 12.8. The molecular formula is C16H14O2. The van der Waals surface area contributed by atoms with E-state index in [1.165, 1.54) is 11.1 Å². The van der Waals surface area contributed by atoms with E-state index in [1.54, 1.807) is 24.3 Å². The first-order valence-corrected chi connectivity index (χ1v) is 6.04. The summed E-state index contributed by atoms with van der Waals surface area (Å²) >= 11 is 0. The fraction of sp³-hybridized carbons (Fsp3) is 0.125.